The van der Waals surface area contributed by atoms with Crippen LogP contribution in [-0.4, -0.2) is 44.5 Å². The van der Waals surface area contributed by atoms with Crippen LogP contribution in [0.1, 0.15) is 19.4 Å². The number of hydrogen-bond donors (Lipinski definition) is 0. The molecular formula is C15H21NO3. The van der Waals surface area contributed by atoms with Gasteiger partial charge in [0.1, 0.15) is 11.5 Å². The number of fused-ring (bicyclic) bond motifs is 1. The lowest BCUT2D eigenvalue weighted by Gasteiger charge is -2.38. The van der Waals surface area contributed by atoms with E-state index in [1.807, 2.05) is 12.1 Å². The number of morpholine rings is 1. The molecule has 0 bridgehead atoms. The normalized spacial score (nSPS) is 25.7. The van der Waals surface area contributed by atoms with Crippen LogP contribution in [0.2, 0.25) is 0 Å². The van der Waals surface area contributed by atoms with E-state index in [2.05, 4.69) is 24.8 Å². The fraction of sp³-hybridized carbons (Fsp3) is 0.600. The summed E-state index contributed by atoms with van der Waals surface area (Å²) >= 11 is 0. The number of methoxy groups -OCH3 is 1. The zero-order chi connectivity index (χ0) is 13.5. The van der Waals surface area contributed by atoms with E-state index >= 15 is 0 Å². The van der Waals surface area contributed by atoms with Gasteiger partial charge in [-0.05, 0) is 6.07 Å². The molecule has 3 rings (SSSR count). The van der Waals surface area contributed by atoms with Crippen LogP contribution in [-0.2, 0) is 10.2 Å². The lowest BCUT2D eigenvalue weighted by atomic mass is 9.83. The smallest absolute Gasteiger partial charge is 0.162 e. The molecule has 0 radical (unpaired) electrons. The molecule has 104 valence electrons. The molecule has 1 fully saturated rings. The molecule has 2 heterocycles. The lowest BCUT2D eigenvalue weighted by molar-refractivity contribution is -0.0613. The molecule has 2 aliphatic heterocycles. The summed E-state index contributed by atoms with van der Waals surface area (Å²) in [5.41, 5.74) is 1.24. The Labute approximate surface area is 114 Å². The molecule has 4 heteroatoms. The van der Waals surface area contributed by atoms with Gasteiger partial charge in [-0.25, -0.2) is 0 Å². The van der Waals surface area contributed by atoms with Crippen LogP contribution in [0.4, 0.5) is 0 Å². The molecule has 0 saturated carbocycles. The first-order chi connectivity index (χ1) is 9.13. The van der Waals surface area contributed by atoms with Crippen molar-refractivity contribution in [2.24, 2.45) is 0 Å². The first-order valence-corrected chi connectivity index (χ1v) is 6.80. The highest BCUT2D eigenvalue weighted by Gasteiger charge is 2.45. The number of nitrogens with zero attached hydrogens (tertiary/aromatic N) is 1. The SMILES string of the molecule is COc1ccc2c(c1)OC(N1CCOCC1)C2(C)C. The molecule has 1 aromatic carbocycles. The second kappa shape index (κ2) is 4.69. The van der Waals surface area contributed by atoms with Gasteiger partial charge in [-0.3, -0.25) is 4.90 Å². The van der Waals surface area contributed by atoms with Gasteiger partial charge in [0, 0.05) is 30.1 Å². The minimum atomic E-state index is -0.0149. The van der Waals surface area contributed by atoms with Crippen LogP contribution in [0.3, 0.4) is 0 Å². The van der Waals surface area contributed by atoms with Crippen molar-refractivity contribution < 1.29 is 14.2 Å². The van der Waals surface area contributed by atoms with Gasteiger partial charge in [0.2, 0.25) is 0 Å². The van der Waals surface area contributed by atoms with E-state index in [1.165, 1.54) is 5.56 Å². The molecule has 0 amide bonds. The van der Waals surface area contributed by atoms with Crippen molar-refractivity contribution in [3.05, 3.63) is 23.8 Å². The Kier molecular flexibility index (Phi) is 3.15. The molecule has 4 nitrogen and oxygen atoms in total. The fourth-order valence-electron chi connectivity index (χ4n) is 3.00. The molecule has 1 atom stereocenters. The summed E-state index contributed by atoms with van der Waals surface area (Å²) in [6.45, 7) is 7.92. The Hall–Kier alpha value is -1.26. The lowest BCUT2D eigenvalue weighted by Crippen LogP contribution is -2.52. The number of hydrogen-bond acceptors (Lipinski definition) is 4. The Bertz CT molecular complexity index is 466. The predicted octanol–water partition coefficient (Wildman–Crippen LogP) is 2.02. The summed E-state index contributed by atoms with van der Waals surface area (Å²) in [4.78, 5) is 2.37. The van der Waals surface area contributed by atoms with Gasteiger partial charge in [0.05, 0.1) is 20.3 Å². The maximum Gasteiger partial charge on any atom is 0.162 e. The minimum Gasteiger partial charge on any atom is -0.497 e. The van der Waals surface area contributed by atoms with E-state index in [0.717, 1.165) is 37.8 Å². The van der Waals surface area contributed by atoms with Gasteiger partial charge in [-0.2, -0.15) is 0 Å². The van der Waals surface area contributed by atoms with Crippen LogP contribution < -0.4 is 9.47 Å². The Balaban J connectivity index is 1.90. The standard InChI is InChI=1S/C15H21NO3/c1-15(2)12-5-4-11(17-3)10-13(12)19-14(15)16-6-8-18-9-7-16/h4-5,10,14H,6-9H2,1-3H3. The summed E-state index contributed by atoms with van der Waals surface area (Å²) in [6, 6.07) is 6.11. The van der Waals surface area contributed by atoms with Gasteiger partial charge in [-0.15, -0.1) is 0 Å². The zero-order valence-corrected chi connectivity index (χ0v) is 11.8. The Morgan fingerprint density at radius 3 is 2.68 bits per heavy atom. The Morgan fingerprint density at radius 2 is 2.00 bits per heavy atom. The average molecular weight is 263 g/mol. The highest BCUT2D eigenvalue weighted by atomic mass is 16.5. The van der Waals surface area contributed by atoms with Gasteiger partial charge in [0.25, 0.3) is 0 Å². The summed E-state index contributed by atoms with van der Waals surface area (Å²) in [5, 5.41) is 0. The third kappa shape index (κ3) is 2.09. The van der Waals surface area contributed by atoms with Crippen molar-refractivity contribution >= 4 is 0 Å². The van der Waals surface area contributed by atoms with Crippen molar-refractivity contribution in [3.8, 4) is 11.5 Å². The van der Waals surface area contributed by atoms with Crippen LogP contribution in [0.25, 0.3) is 0 Å². The number of rotatable bonds is 2. The van der Waals surface area contributed by atoms with Gasteiger partial charge in [0.15, 0.2) is 6.23 Å². The van der Waals surface area contributed by atoms with Crippen LogP contribution in [0.5, 0.6) is 11.5 Å². The molecule has 0 aromatic heterocycles. The zero-order valence-electron chi connectivity index (χ0n) is 11.8. The van der Waals surface area contributed by atoms with Crippen molar-refractivity contribution in [1.82, 2.24) is 4.90 Å². The topological polar surface area (TPSA) is 30.9 Å². The largest absolute Gasteiger partial charge is 0.497 e. The van der Waals surface area contributed by atoms with Crippen LogP contribution in [0.15, 0.2) is 18.2 Å². The molecule has 0 spiro atoms. The summed E-state index contributed by atoms with van der Waals surface area (Å²) in [5.74, 6) is 1.79. The number of benzene rings is 1. The number of ether oxygens (including phenoxy) is 3. The molecular weight excluding hydrogens is 242 g/mol. The van der Waals surface area contributed by atoms with Crippen molar-refractivity contribution in [2.45, 2.75) is 25.5 Å². The maximum absolute atomic E-state index is 6.19. The Morgan fingerprint density at radius 1 is 1.26 bits per heavy atom. The molecule has 1 unspecified atom stereocenters. The molecule has 0 N–H and O–H groups in total. The minimum absolute atomic E-state index is 0.0149. The van der Waals surface area contributed by atoms with Crippen molar-refractivity contribution in [3.63, 3.8) is 0 Å². The quantitative estimate of drug-likeness (QED) is 0.817. The third-order valence-electron chi connectivity index (χ3n) is 4.12. The summed E-state index contributed by atoms with van der Waals surface area (Å²) < 4.78 is 16.9. The second-order valence-corrected chi connectivity index (χ2v) is 5.70. The van der Waals surface area contributed by atoms with E-state index in [-0.39, 0.29) is 11.6 Å². The molecule has 19 heavy (non-hydrogen) atoms. The second-order valence-electron chi connectivity index (χ2n) is 5.70. The average Bonchev–Trinajstić information content (AvgIpc) is 2.71. The van der Waals surface area contributed by atoms with Gasteiger partial charge >= 0.3 is 0 Å². The monoisotopic (exact) mass is 263 g/mol. The van der Waals surface area contributed by atoms with E-state index in [1.54, 1.807) is 7.11 Å². The predicted molar refractivity (Wildman–Crippen MR) is 72.8 cm³/mol. The fourth-order valence-corrected chi connectivity index (χ4v) is 3.00. The third-order valence-corrected chi connectivity index (χ3v) is 4.12. The van der Waals surface area contributed by atoms with Crippen molar-refractivity contribution in [2.75, 3.05) is 33.4 Å². The molecule has 1 aromatic rings. The summed E-state index contributed by atoms with van der Waals surface area (Å²) in [6.07, 6.45) is 0.0820. The van der Waals surface area contributed by atoms with E-state index in [0.29, 0.717) is 0 Å². The molecule has 0 aliphatic carbocycles. The van der Waals surface area contributed by atoms with Gasteiger partial charge in [-0.1, -0.05) is 19.9 Å². The van der Waals surface area contributed by atoms with E-state index in [4.69, 9.17) is 14.2 Å². The molecule has 1 saturated heterocycles. The van der Waals surface area contributed by atoms with Crippen molar-refractivity contribution in [1.29, 1.82) is 0 Å². The summed E-state index contributed by atoms with van der Waals surface area (Å²) in [7, 11) is 1.68. The highest BCUT2D eigenvalue weighted by molar-refractivity contribution is 5.48. The van der Waals surface area contributed by atoms with E-state index in [9.17, 15) is 0 Å². The first kappa shape index (κ1) is 12.8. The highest BCUT2D eigenvalue weighted by Crippen LogP contribution is 2.45. The van der Waals surface area contributed by atoms with Crippen LogP contribution >= 0.6 is 0 Å². The molecule has 2 aliphatic rings. The van der Waals surface area contributed by atoms with Crippen LogP contribution in [0, 0.1) is 0 Å². The van der Waals surface area contributed by atoms with E-state index < -0.39 is 0 Å². The first-order valence-electron chi connectivity index (χ1n) is 6.80. The maximum atomic E-state index is 6.19. The van der Waals surface area contributed by atoms with Gasteiger partial charge < -0.3 is 14.2 Å².